The number of aromatic amines is 1. The number of nitrogens with one attached hydrogen (secondary N) is 1. The van der Waals surface area contributed by atoms with E-state index in [4.69, 9.17) is 0 Å². The molecule has 8 heteroatoms. The van der Waals surface area contributed by atoms with Crippen molar-refractivity contribution in [1.29, 1.82) is 0 Å². The highest BCUT2D eigenvalue weighted by atomic mass is 19.1. The van der Waals surface area contributed by atoms with Crippen molar-refractivity contribution >= 4 is 16.9 Å². The second-order valence-corrected chi connectivity index (χ2v) is 7.32. The molecule has 0 saturated heterocycles. The summed E-state index contributed by atoms with van der Waals surface area (Å²) < 4.78 is 15.4. The quantitative estimate of drug-likeness (QED) is 0.717. The number of hydrogen-bond acceptors (Lipinski definition) is 4. The van der Waals surface area contributed by atoms with Crippen molar-refractivity contribution in [1.82, 2.24) is 19.4 Å². The van der Waals surface area contributed by atoms with Crippen molar-refractivity contribution in [3.63, 3.8) is 0 Å². The van der Waals surface area contributed by atoms with Crippen molar-refractivity contribution in [2.45, 2.75) is 38.8 Å². The van der Waals surface area contributed by atoms with Crippen LogP contribution < -0.4 is 11.2 Å². The molecule has 2 aromatic heterocycles. The molecule has 1 saturated carbocycles. The first-order chi connectivity index (χ1) is 13.9. The second kappa shape index (κ2) is 7.27. The maximum Gasteiger partial charge on any atom is 0.329 e. The summed E-state index contributed by atoms with van der Waals surface area (Å²) >= 11 is 0. The molecule has 1 amide bonds. The molecule has 1 aliphatic rings. The Bertz CT molecular complexity index is 1230. The summed E-state index contributed by atoms with van der Waals surface area (Å²) in [5.74, 6) is -0.597. The van der Waals surface area contributed by atoms with Crippen LogP contribution in [0.2, 0.25) is 0 Å². The van der Waals surface area contributed by atoms with Crippen LogP contribution in [0.4, 0.5) is 4.39 Å². The third kappa shape index (κ3) is 3.46. The third-order valence-electron chi connectivity index (χ3n) is 5.22. The highest BCUT2D eigenvalue weighted by Crippen LogP contribution is 2.40. The van der Waals surface area contributed by atoms with E-state index in [1.165, 1.54) is 15.5 Å². The Morgan fingerprint density at radius 3 is 2.69 bits per heavy atom. The molecule has 4 rings (SSSR count). The van der Waals surface area contributed by atoms with Gasteiger partial charge in [-0.05, 0) is 31.9 Å². The fourth-order valence-electron chi connectivity index (χ4n) is 3.50. The molecule has 1 aliphatic carbocycles. The lowest BCUT2D eigenvalue weighted by atomic mass is 10.1. The molecule has 0 aliphatic heterocycles. The largest absolute Gasteiger partial charge is 0.337 e. The monoisotopic (exact) mass is 396 g/mol. The topological polar surface area (TPSA) is 88.1 Å². The van der Waals surface area contributed by atoms with Gasteiger partial charge in [-0.25, -0.2) is 14.2 Å². The first-order valence-electron chi connectivity index (χ1n) is 9.57. The molecule has 2 heterocycles. The van der Waals surface area contributed by atoms with E-state index in [1.54, 1.807) is 38.2 Å². The van der Waals surface area contributed by atoms with Crippen molar-refractivity contribution in [3.05, 3.63) is 73.8 Å². The maximum atomic E-state index is 14.0. The predicted molar refractivity (Wildman–Crippen MR) is 106 cm³/mol. The number of H-pyrrole nitrogens is 1. The average molecular weight is 396 g/mol. The third-order valence-corrected chi connectivity index (χ3v) is 5.22. The van der Waals surface area contributed by atoms with Crippen molar-refractivity contribution in [2.75, 3.05) is 7.05 Å². The van der Waals surface area contributed by atoms with Crippen molar-refractivity contribution in [2.24, 2.45) is 0 Å². The Morgan fingerprint density at radius 1 is 1.31 bits per heavy atom. The van der Waals surface area contributed by atoms with Crippen LogP contribution in [0.15, 0.2) is 39.9 Å². The van der Waals surface area contributed by atoms with Crippen LogP contribution in [0.5, 0.6) is 0 Å². The number of benzene rings is 1. The van der Waals surface area contributed by atoms with Gasteiger partial charge >= 0.3 is 5.69 Å². The lowest BCUT2D eigenvalue weighted by molar-refractivity contribution is 0.0785. The van der Waals surface area contributed by atoms with Crippen LogP contribution in [-0.2, 0) is 13.1 Å². The molecular weight excluding hydrogens is 375 g/mol. The van der Waals surface area contributed by atoms with Crippen LogP contribution in [-0.4, -0.2) is 32.4 Å². The molecule has 0 bridgehead atoms. The summed E-state index contributed by atoms with van der Waals surface area (Å²) in [6.07, 6.45) is 1.91. The summed E-state index contributed by atoms with van der Waals surface area (Å²) in [6, 6.07) is 7.88. The van der Waals surface area contributed by atoms with E-state index in [9.17, 15) is 18.8 Å². The number of pyridine rings is 1. The van der Waals surface area contributed by atoms with Crippen LogP contribution in [0, 0.1) is 5.82 Å². The summed E-state index contributed by atoms with van der Waals surface area (Å²) in [4.78, 5) is 46.2. The highest BCUT2D eigenvalue weighted by Gasteiger charge is 2.29. The minimum Gasteiger partial charge on any atom is -0.337 e. The molecule has 0 atom stereocenters. The van der Waals surface area contributed by atoms with E-state index >= 15 is 0 Å². The number of amides is 1. The smallest absolute Gasteiger partial charge is 0.329 e. The average Bonchev–Trinajstić information content (AvgIpc) is 3.53. The van der Waals surface area contributed by atoms with Crippen LogP contribution in [0.3, 0.4) is 0 Å². The van der Waals surface area contributed by atoms with E-state index in [1.807, 2.05) is 0 Å². The lowest BCUT2D eigenvalue weighted by Gasteiger charge is -2.19. The number of aryl methyl sites for hydroxylation is 1. The second-order valence-electron chi connectivity index (χ2n) is 7.32. The Labute approximate surface area is 165 Å². The zero-order valence-corrected chi connectivity index (χ0v) is 16.2. The number of halogens is 1. The van der Waals surface area contributed by atoms with Gasteiger partial charge in [0.15, 0.2) is 5.65 Å². The lowest BCUT2D eigenvalue weighted by Crippen LogP contribution is -2.33. The van der Waals surface area contributed by atoms with Crippen LogP contribution in [0.1, 0.15) is 47.3 Å². The van der Waals surface area contributed by atoms with E-state index < -0.39 is 23.0 Å². The van der Waals surface area contributed by atoms with Gasteiger partial charge in [-0.1, -0.05) is 18.2 Å². The van der Waals surface area contributed by atoms with Crippen molar-refractivity contribution < 1.29 is 9.18 Å². The first-order valence-corrected chi connectivity index (χ1v) is 9.57. The molecule has 1 aromatic carbocycles. The molecule has 1 fully saturated rings. The van der Waals surface area contributed by atoms with Gasteiger partial charge in [-0.2, -0.15) is 0 Å². The zero-order valence-electron chi connectivity index (χ0n) is 16.2. The van der Waals surface area contributed by atoms with Gasteiger partial charge in [-0.3, -0.25) is 19.1 Å². The Hall–Kier alpha value is -3.29. The Kier molecular flexibility index (Phi) is 4.77. The van der Waals surface area contributed by atoms with Gasteiger partial charge in [0, 0.05) is 37.3 Å². The van der Waals surface area contributed by atoms with Crippen LogP contribution in [0.25, 0.3) is 11.0 Å². The van der Waals surface area contributed by atoms with Gasteiger partial charge in [0.05, 0.1) is 10.9 Å². The molecular formula is C21H21FN4O3. The standard InChI is InChI=1S/C21H21FN4O3/c1-3-26-18-17(19(27)24-21(26)29)14(10-16(23-18)12-8-9-12)20(28)25(2)11-13-6-4-5-7-15(13)22/h4-7,10,12H,3,8-9,11H2,1-2H3,(H,24,27,29). The molecule has 7 nitrogen and oxygen atoms in total. The van der Waals surface area contributed by atoms with Gasteiger partial charge < -0.3 is 4.90 Å². The van der Waals surface area contributed by atoms with Crippen molar-refractivity contribution in [3.8, 4) is 0 Å². The van der Waals surface area contributed by atoms with Crippen LogP contribution >= 0.6 is 0 Å². The van der Waals surface area contributed by atoms with E-state index in [0.717, 1.165) is 12.8 Å². The van der Waals surface area contributed by atoms with E-state index in [-0.39, 0.29) is 29.1 Å². The molecule has 0 radical (unpaired) electrons. The summed E-state index contributed by atoms with van der Waals surface area (Å²) in [6.45, 7) is 2.14. The first kappa shape index (κ1) is 19.0. The van der Waals surface area contributed by atoms with Gasteiger partial charge in [0.2, 0.25) is 0 Å². The predicted octanol–water partition coefficient (Wildman–Crippen LogP) is 2.39. The molecule has 0 spiro atoms. The SMILES string of the molecule is CCn1c(=O)[nH]c(=O)c2c(C(=O)N(C)Cc3ccccc3F)cc(C3CC3)nc21. The highest BCUT2D eigenvalue weighted by molar-refractivity contribution is 6.05. The summed E-state index contributed by atoms with van der Waals surface area (Å²) in [7, 11) is 1.56. The summed E-state index contributed by atoms with van der Waals surface area (Å²) in [5.41, 5.74) is 0.277. The van der Waals surface area contributed by atoms with Gasteiger partial charge in [-0.15, -0.1) is 0 Å². The molecule has 0 unspecified atom stereocenters. The fourth-order valence-corrected chi connectivity index (χ4v) is 3.50. The molecule has 29 heavy (non-hydrogen) atoms. The normalized spacial score (nSPS) is 13.6. The number of rotatable bonds is 5. The minimum absolute atomic E-state index is 0.0550. The minimum atomic E-state index is -0.646. The number of hydrogen-bond donors (Lipinski definition) is 1. The number of aromatic nitrogens is 3. The summed E-state index contributed by atoms with van der Waals surface area (Å²) in [5, 5.41) is 0.0845. The molecule has 150 valence electrons. The van der Waals surface area contributed by atoms with E-state index in [0.29, 0.717) is 17.8 Å². The molecule has 1 N–H and O–H groups in total. The number of nitrogens with zero attached hydrogens (tertiary/aromatic N) is 3. The number of fused-ring (bicyclic) bond motifs is 1. The Balaban J connectivity index is 1.85. The maximum absolute atomic E-state index is 14.0. The van der Waals surface area contributed by atoms with Gasteiger partial charge in [0.1, 0.15) is 5.82 Å². The fraction of sp³-hybridized carbons (Fsp3) is 0.333. The number of carbonyl (C=O) groups is 1. The molecule has 3 aromatic rings. The van der Waals surface area contributed by atoms with Gasteiger partial charge in [0.25, 0.3) is 11.5 Å². The Morgan fingerprint density at radius 2 is 2.03 bits per heavy atom. The zero-order chi connectivity index (χ0) is 20.7. The number of carbonyl (C=O) groups excluding carboxylic acids is 1. The van der Waals surface area contributed by atoms with E-state index in [2.05, 4.69) is 9.97 Å².